The first kappa shape index (κ1) is 15.9. The van der Waals surface area contributed by atoms with E-state index < -0.39 is 0 Å². The predicted octanol–water partition coefficient (Wildman–Crippen LogP) is 4.02. The molecule has 0 aliphatic carbocycles. The Labute approximate surface area is 149 Å². The van der Waals surface area contributed by atoms with E-state index in [1.165, 1.54) is 29.9 Å². The number of aryl methyl sites for hydroxylation is 1. The van der Waals surface area contributed by atoms with E-state index in [1.54, 1.807) is 0 Å². The highest BCUT2D eigenvalue weighted by Gasteiger charge is 2.25. The molecule has 0 N–H and O–H groups in total. The Kier molecular flexibility index (Phi) is 4.51. The minimum absolute atomic E-state index is 0.473. The molecule has 0 amide bonds. The van der Waals surface area contributed by atoms with Crippen LogP contribution in [0.15, 0.2) is 61.1 Å². The fraction of sp³-hybridized carbons (Fsp3) is 0.333. The van der Waals surface area contributed by atoms with Crippen LogP contribution < -0.4 is 4.90 Å². The lowest BCUT2D eigenvalue weighted by Crippen LogP contribution is -2.35. The minimum Gasteiger partial charge on any atom is -0.371 e. The molecule has 0 spiro atoms. The summed E-state index contributed by atoms with van der Waals surface area (Å²) in [6.45, 7) is 5.08. The van der Waals surface area contributed by atoms with Crippen LogP contribution in [-0.4, -0.2) is 27.6 Å². The Morgan fingerprint density at radius 2 is 1.96 bits per heavy atom. The van der Waals surface area contributed by atoms with Crippen LogP contribution in [0.3, 0.4) is 0 Å². The lowest BCUT2D eigenvalue weighted by molar-refractivity contribution is 0.476. The quantitative estimate of drug-likeness (QED) is 0.724. The van der Waals surface area contributed by atoms with Gasteiger partial charge in [0.05, 0.1) is 0 Å². The zero-order chi connectivity index (χ0) is 17.1. The lowest BCUT2D eigenvalue weighted by atomic mass is 9.96. The van der Waals surface area contributed by atoms with Gasteiger partial charge in [-0.2, -0.15) is 0 Å². The van der Waals surface area contributed by atoms with E-state index in [0.717, 1.165) is 25.3 Å². The van der Waals surface area contributed by atoms with Gasteiger partial charge in [-0.05, 0) is 37.5 Å². The average molecular weight is 332 g/mol. The van der Waals surface area contributed by atoms with Gasteiger partial charge < -0.3 is 9.47 Å². The van der Waals surface area contributed by atoms with E-state index in [9.17, 15) is 0 Å². The molecule has 1 aliphatic heterocycles. The van der Waals surface area contributed by atoms with E-state index in [1.807, 2.05) is 12.4 Å². The molecule has 0 unspecified atom stereocenters. The van der Waals surface area contributed by atoms with Crippen LogP contribution in [0.25, 0.3) is 0 Å². The van der Waals surface area contributed by atoms with E-state index in [0.29, 0.717) is 5.92 Å². The van der Waals surface area contributed by atoms with Crippen molar-refractivity contribution in [2.75, 3.05) is 18.0 Å². The summed E-state index contributed by atoms with van der Waals surface area (Å²) in [7, 11) is 0. The topological polar surface area (TPSA) is 34.0 Å². The van der Waals surface area contributed by atoms with Gasteiger partial charge in [0, 0.05) is 55.5 Å². The number of anilines is 1. The second-order valence-corrected chi connectivity index (χ2v) is 6.84. The normalized spacial score (nSPS) is 17.6. The molecular weight excluding hydrogens is 308 g/mol. The van der Waals surface area contributed by atoms with Crippen LogP contribution in [0, 0.1) is 6.92 Å². The summed E-state index contributed by atoms with van der Waals surface area (Å²) < 4.78 is 2.31. The molecule has 0 radical (unpaired) electrons. The molecule has 1 saturated heterocycles. The summed E-state index contributed by atoms with van der Waals surface area (Å²) >= 11 is 0. The molecule has 4 rings (SSSR count). The molecule has 4 heteroatoms. The van der Waals surface area contributed by atoms with Gasteiger partial charge in [-0.1, -0.05) is 30.3 Å². The number of rotatable bonds is 4. The second kappa shape index (κ2) is 7.09. The zero-order valence-electron chi connectivity index (χ0n) is 14.7. The lowest BCUT2D eigenvalue weighted by Gasteiger charge is -2.34. The van der Waals surface area contributed by atoms with E-state index in [-0.39, 0.29) is 0 Å². The van der Waals surface area contributed by atoms with Crippen molar-refractivity contribution in [1.82, 2.24) is 14.5 Å². The van der Waals surface area contributed by atoms with E-state index >= 15 is 0 Å². The molecule has 1 atom stereocenters. The molecule has 3 aromatic rings. The average Bonchev–Trinajstić information content (AvgIpc) is 3.11. The Hall–Kier alpha value is -2.62. The number of hydrogen-bond donors (Lipinski definition) is 0. The maximum Gasteiger partial charge on any atom is 0.113 e. The highest BCUT2D eigenvalue weighted by atomic mass is 15.2. The molecule has 1 fully saturated rings. The van der Waals surface area contributed by atoms with Gasteiger partial charge in [-0.25, -0.2) is 4.98 Å². The first-order valence-corrected chi connectivity index (χ1v) is 9.02. The third kappa shape index (κ3) is 3.58. The molecule has 1 aliphatic rings. The zero-order valence-corrected chi connectivity index (χ0v) is 14.7. The highest BCUT2D eigenvalue weighted by molar-refractivity contribution is 5.47. The van der Waals surface area contributed by atoms with Gasteiger partial charge in [0.1, 0.15) is 5.82 Å². The monoisotopic (exact) mass is 332 g/mol. The van der Waals surface area contributed by atoms with Gasteiger partial charge in [0.2, 0.25) is 0 Å². The van der Waals surface area contributed by atoms with Crippen molar-refractivity contribution in [3.8, 4) is 0 Å². The van der Waals surface area contributed by atoms with Crippen molar-refractivity contribution in [3.63, 3.8) is 0 Å². The van der Waals surface area contributed by atoms with Crippen LogP contribution in [0.2, 0.25) is 0 Å². The highest BCUT2D eigenvalue weighted by Crippen LogP contribution is 2.29. The van der Waals surface area contributed by atoms with Crippen molar-refractivity contribution in [2.24, 2.45) is 0 Å². The van der Waals surface area contributed by atoms with Crippen molar-refractivity contribution >= 4 is 5.69 Å². The standard InChI is InChI=1S/C21H24N4/c1-17-14-20(9-10-22-17)24-12-5-8-19(16-24)21-23-11-13-25(21)15-18-6-3-2-4-7-18/h2-4,6-7,9-11,13-14,19H,5,8,12,15-16H2,1H3/t19-/m1/s1. The molecule has 3 heterocycles. The van der Waals surface area contributed by atoms with Crippen LogP contribution in [-0.2, 0) is 6.54 Å². The number of imidazole rings is 1. The van der Waals surface area contributed by atoms with Gasteiger partial charge in [-0.3, -0.25) is 4.98 Å². The first-order valence-electron chi connectivity index (χ1n) is 9.02. The molecule has 128 valence electrons. The van der Waals surface area contributed by atoms with Crippen molar-refractivity contribution in [2.45, 2.75) is 32.2 Å². The third-order valence-corrected chi connectivity index (χ3v) is 4.98. The van der Waals surface area contributed by atoms with Gasteiger partial charge >= 0.3 is 0 Å². The third-order valence-electron chi connectivity index (χ3n) is 4.98. The number of benzene rings is 1. The van der Waals surface area contributed by atoms with Crippen LogP contribution in [0.1, 0.15) is 35.8 Å². The molecule has 0 saturated carbocycles. The molecular formula is C21H24N4. The van der Waals surface area contributed by atoms with Crippen LogP contribution in [0.4, 0.5) is 5.69 Å². The number of hydrogen-bond acceptors (Lipinski definition) is 3. The summed E-state index contributed by atoms with van der Waals surface area (Å²) in [6, 6.07) is 14.9. The fourth-order valence-electron chi connectivity index (χ4n) is 3.74. The number of piperidine rings is 1. The summed E-state index contributed by atoms with van der Waals surface area (Å²) in [5, 5.41) is 0. The number of aromatic nitrogens is 3. The smallest absolute Gasteiger partial charge is 0.113 e. The fourth-order valence-corrected chi connectivity index (χ4v) is 3.74. The largest absolute Gasteiger partial charge is 0.371 e. The van der Waals surface area contributed by atoms with Crippen molar-refractivity contribution in [3.05, 3.63) is 78.1 Å². The Morgan fingerprint density at radius 1 is 1.08 bits per heavy atom. The van der Waals surface area contributed by atoms with E-state index in [4.69, 9.17) is 4.98 Å². The predicted molar refractivity (Wildman–Crippen MR) is 101 cm³/mol. The molecule has 1 aromatic carbocycles. The maximum absolute atomic E-state index is 4.71. The number of pyridine rings is 1. The number of nitrogens with zero attached hydrogens (tertiary/aromatic N) is 4. The van der Waals surface area contributed by atoms with Crippen LogP contribution >= 0.6 is 0 Å². The molecule has 2 aromatic heterocycles. The molecule has 4 nitrogen and oxygen atoms in total. The Morgan fingerprint density at radius 3 is 2.80 bits per heavy atom. The second-order valence-electron chi connectivity index (χ2n) is 6.84. The van der Waals surface area contributed by atoms with Gasteiger partial charge in [0.25, 0.3) is 0 Å². The molecule has 25 heavy (non-hydrogen) atoms. The summed E-state index contributed by atoms with van der Waals surface area (Å²) in [5.74, 6) is 1.68. The minimum atomic E-state index is 0.473. The Balaban J connectivity index is 1.53. The van der Waals surface area contributed by atoms with E-state index in [2.05, 4.69) is 70.0 Å². The first-order chi connectivity index (χ1) is 12.3. The summed E-state index contributed by atoms with van der Waals surface area (Å²) in [4.78, 5) is 11.5. The van der Waals surface area contributed by atoms with Crippen LogP contribution in [0.5, 0.6) is 0 Å². The SMILES string of the molecule is Cc1cc(N2CCC[C@@H](c3nccn3Cc3ccccc3)C2)ccn1. The molecule has 0 bridgehead atoms. The maximum atomic E-state index is 4.71. The summed E-state index contributed by atoms with van der Waals surface area (Å²) in [5.41, 5.74) is 3.67. The van der Waals surface area contributed by atoms with Gasteiger partial charge in [-0.15, -0.1) is 0 Å². The van der Waals surface area contributed by atoms with Crippen molar-refractivity contribution in [1.29, 1.82) is 0 Å². The summed E-state index contributed by atoms with van der Waals surface area (Å²) in [6.07, 6.45) is 8.35. The van der Waals surface area contributed by atoms with Crippen molar-refractivity contribution < 1.29 is 0 Å². The Bertz CT molecular complexity index is 825. The van der Waals surface area contributed by atoms with Gasteiger partial charge in [0.15, 0.2) is 0 Å².